The van der Waals surface area contributed by atoms with Gasteiger partial charge in [0.1, 0.15) is 0 Å². The Morgan fingerprint density at radius 1 is 1.06 bits per heavy atom. The summed E-state index contributed by atoms with van der Waals surface area (Å²) in [6.45, 7) is 14.4. The maximum atomic E-state index is 5.65. The molecule has 0 bridgehead atoms. The second kappa shape index (κ2) is 11.3. The summed E-state index contributed by atoms with van der Waals surface area (Å²) in [6, 6.07) is 13.0. The normalized spacial score (nSPS) is 10.8. The number of H-pyrrole nitrogens is 1. The molecule has 0 radical (unpaired) electrons. The maximum Gasteiger partial charge on any atom is 0.200 e. The minimum Gasteiger partial charge on any atom is -0.373 e. The lowest BCUT2D eigenvalue weighted by atomic mass is 9.97. The van der Waals surface area contributed by atoms with Gasteiger partial charge in [0.15, 0.2) is 10.6 Å². The predicted molar refractivity (Wildman–Crippen MR) is 145 cm³/mol. The number of benzene rings is 2. The molecule has 0 saturated carbocycles. The van der Waals surface area contributed by atoms with Crippen LogP contribution >= 0.6 is 12.2 Å². The van der Waals surface area contributed by atoms with Gasteiger partial charge >= 0.3 is 0 Å². The molecular formula is C27H36N6S. The molecule has 180 valence electrons. The fourth-order valence-electron chi connectivity index (χ4n) is 3.91. The van der Waals surface area contributed by atoms with Gasteiger partial charge in [-0.1, -0.05) is 45.9 Å². The van der Waals surface area contributed by atoms with Crippen LogP contribution in [0.4, 0.5) is 5.69 Å². The summed E-state index contributed by atoms with van der Waals surface area (Å²) in [5.41, 5.74) is 6.95. The Labute approximate surface area is 208 Å². The van der Waals surface area contributed by atoms with Crippen LogP contribution in [0.1, 0.15) is 50.3 Å². The monoisotopic (exact) mass is 476 g/mol. The molecular weight excluding hydrogens is 440 g/mol. The van der Waals surface area contributed by atoms with E-state index in [9.17, 15) is 0 Å². The second-order valence-electron chi connectivity index (χ2n) is 8.61. The van der Waals surface area contributed by atoms with Crippen molar-refractivity contribution in [2.45, 2.75) is 54.0 Å². The van der Waals surface area contributed by atoms with Crippen molar-refractivity contribution >= 4 is 17.9 Å². The fraction of sp³-hybridized carbons (Fsp3) is 0.370. The smallest absolute Gasteiger partial charge is 0.200 e. The standard InChI is InChI=1S/C25H30N6S.C2H6/c1-17(2)20-8-6-18(3)22(14-20)24-27-28-25(32)31(24)21-9-7-19(4)23(15-21)29(5)12-13-30-11-10-26-16-30;1-2/h6-11,14-17H,12-13H2,1-5H3,(H,28,32);1-2H3. The highest BCUT2D eigenvalue weighted by Crippen LogP contribution is 2.30. The minimum atomic E-state index is 0.444. The number of aromatic amines is 1. The van der Waals surface area contributed by atoms with Gasteiger partial charge in [-0.25, -0.2) is 4.98 Å². The van der Waals surface area contributed by atoms with E-state index in [-0.39, 0.29) is 0 Å². The third-order valence-corrected chi connectivity index (χ3v) is 6.23. The van der Waals surface area contributed by atoms with Gasteiger partial charge in [-0.15, -0.1) is 0 Å². The molecule has 0 aliphatic carbocycles. The van der Waals surface area contributed by atoms with Crippen LogP contribution in [0.15, 0.2) is 55.1 Å². The van der Waals surface area contributed by atoms with E-state index in [0.717, 1.165) is 30.2 Å². The molecule has 0 aliphatic rings. The van der Waals surface area contributed by atoms with Gasteiger partial charge in [0, 0.05) is 43.8 Å². The molecule has 4 aromatic rings. The van der Waals surface area contributed by atoms with E-state index in [2.05, 4.69) is 95.8 Å². The lowest BCUT2D eigenvalue weighted by Gasteiger charge is -2.23. The zero-order valence-electron chi connectivity index (χ0n) is 21.3. The molecule has 2 heterocycles. The molecule has 4 rings (SSSR count). The van der Waals surface area contributed by atoms with Crippen LogP contribution in [-0.2, 0) is 6.54 Å². The van der Waals surface area contributed by atoms with Gasteiger partial charge in [0.05, 0.1) is 12.0 Å². The SMILES string of the molecule is CC.Cc1ccc(C(C)C)cc1-c1n[nH]c(=S)n1-c1ccc(C)c(N(C)CCn2ccnc2)c1. The zero-order valence-corrected chi connectivity index (χ0v) is 22.1. The number of imidazole rings is 1. The van der Waals surface area contributed by atoms with Crippen molar-refractivity contribution in [2.75, 3.05) is 18.5 Å². The Kier molecular flexibility index (Phi) is 8.45. The van der Waals surface area contributed by atoms with Crippen molar-refractivity contribution in [1.29, 1.82) is 0 Å². The van der Waals surface area contributed by atoms with Crippen molar-refractivity contribution in [3.63, 3.8) is 0 Å². The summed E-state index contributed by atoms with van der Waals surface area (Å²) in [7, 11) is 2.12. The van der Waals surface area contributed by atoms with Gasteiger partial charge in [0.25, 0.3) is 0 Å². The van der Waals surface area contributed by atoms with E-state index in [4.69, 9.17) is 12.2 Å². The summed E-state index contributed by atoms with van der Waals surface area (Å²) >= 11 is 5.65. The van der Waals surface area contributed by atoms with Crippen LogP contribution < -0.4 is 4.90 Å². The fourth-order valence-corrected chi connectivity index (χ4v) is 4.15. The van der Waals surface area contributed by atoms with Crippen LogP contribution in [0.2, 0.25) is 0 Å². The third-order valence-electron chi connectivity index (χ3n) is 5.96. The lowest BCUT2D eigenvalue weighted by molar-refractivity contribution is 0.683. The first-order valence-corrected chi connectivity index (χ1v) is 12.3. The molecule has 7 heteroatoms. The van der Waals surface area contributed by atoms with E-state index in [1.807, 2.05) is 37.1 Å². The molecule has 0 amide bonds. The molecule has 2 aromatic carbocycles. The van der Waals surface area contributed by atoms with Gasteiger partial charge in [-0.05, 0) is 66.9 Å². The zero-order chi connectivity index (χ0) is 24.8. The van der Waals surface area contributed by atoms with E-state index >= 15 is 0 Å². The van der Waals surface area contributed by atoms with Crippen molar-refractivity contribution in [3.05, 3.63) is 76.6 Å². The molecule has 34 heavy (non-hydrogen) atoms. The van der Waals surface area contributed by atoms with Gasteiger partial charge in [0.2, 0.25) is 0 Å². The summed E-state index contributed by atoms with van der Waals surface area (Å²) in [5, 5.41) is 7.62. The quantitative estimate of drug-likeness (QED) is 0.302. The highest BCUT2D eigenvalue weighted by atomic mass is 32.1. The Morgan fingerprint density at radius 2 is 1.79 bits per heavy atom. The van der Waals surface area contributed by atoms with Crippen molar-refractivity contribution in [3.8, 4) is 17.1 Å². The third kappa shape index (κ3) is 5.47. The number of aromatic nitrogens is 5. The number of rotatable bonds is 7. The summed E-state index contributed by atoms with van der Waals surface area (Å²) < 4.78 is 4.71. The summed E-state index contributed by atoms with van der Waals surface area (Å²) in [5.74, 6) is 1.28. The highest BCUT2D eigenvalue weighted by molar-refractivity contribution is 7.71. The van der Waals surface area contributed by atoms with Crippen LogP contribution in [0, 0.1) is 18.6 Å². The van der Waals surface area contributed by atoms with Gasteiger partial charge in [-0.3, -0.25) is 9.67 Å². The molecule has 1 N–H and O–H groups in total. The Bertz CT molecular complexity index is 1270. The maximum absolute atomic E-state index is 5.65. The number of anilines is 1. The summed E-state index contributed by atoms with van der Waals surface area (Å²) in [4.78, 5) is 6.40. The van der Waals surface area contributed by atoms with Gasteiger partial charge in [-0.2, -0.15) is 5.10 Å². The highest BCUT2D eigenvalue weighted by Gasteiger charge is 2.16. The first kappa shape index (κ1) is 25.4. The number of likely N-dealkylation sites (N-methyl/N-ethyl adjacent to an activating group) is 1. The predicted octanol–water partition coefficient (Wildman–Crippen LogP) is 6.70. The van der Waals surface area contributed by atoms with Gasteiger partial charge < -0.3 is 9.47 Å². The Morgan fingerprint density at radius 3 is 2.47 bits per heavy atom. The molecule has 0 atom stereocenters. The average molecular weight is 477 g/mol. The van der Waals surface area contributed by atoms with Crippen LogP contribution in [0.5, 0.6) is 0 Å². The first-order chi connectivity index (χ1) is 16.3. The molecule has 2 aromatic heterocycles. The second-order valence-corrected chi connectivity index (χ2v) is 9.00. The summed E-state index contributed by atoms with van der Waals surface area (Å²) in [6.07, 6.45) is 5.65. The molecule has 0 spiro atoms. The Hall–Kier alpha value is -3.19. The number of hydrogen-bond donors (Lipinski definition) is 1. The molecule has 6 nitrogen and oxygen atoms in total. The lowest BCUT2D eigenvalue weighted by Crippen LogP contribution is -2.23. The Balaban J connectivity index is 0.00000158. The van der Waals surface area contributed by atoms with Crippen LogP contribution in [-0.4, -0.2) is 37.9 Å². The van der Waals surface area contributed by atoms with E-state index in [1.165, 1.54) is 22.4 Å². The van der Waals surface area contributed by atoms with Crippen molar-refractivity contribution < 1.29 is 0 Å². The molecule has 0 saturated heterocycles. The molecule has 0 unspecified atom stereocenters. The minimum absolute atomic E-state index is 0.444. The topological polar surface area (TPSA) is 54.7 Å². The average Bonchev–Trinajstić information content (AvgIpc) is 3.49. The number of hydrogen-bond acceptors (Lipinski definition) is 4. The van der Waals surface area contributed by atoms with Crippen LogP contribution in [0.3, 0.4) is 0 Å². The largest absolute Gasteiger partial charge is 0.373 e. The van der Waals surface area contributed by atoms with Crippen molar-refractivity contribution in [2.24, 2.45) is 0 Å². The van der Waals surface area contributed by atoms with Crippen molar-refractivity contribution in [1.82, 2.24) is 24.3 Å². The van der Waals surface area contributed by atoms with E-state index in [1.54, 1.807) is 0 Å². The number of nitrogens with zero attached hydrogens (tertiary/aromatic N) is 5. The van der Waals surface area contributed by atoms with E-state index < -0.39 is 0 Å². The van der Waals surface area contributed by atoms with E-state index in [0.29, 0.717) is 10.7 Å². The molecule has 0 aliphatic heterocycles. The van der Waals surface area contributed by atoms with Crippen LogP contribution in [0.25, 0.3) is 17.1 Å². The first-order valence-electron chi connectivity index (χ1n) is 11.9. The number of aryl methyl sites for hydroxylation is 2. The number of nitrogens with one attached hydrogen (secondary N) is 1. The molecule has 0 fully saturated rings.